The van der Waals surface area contributed by atoms with Crippen molar-refractivity contribution in [2.45, 2.75) is 31.3 Å². The van der Waals surface area contributed by atoms with Gasteiger partial charge >= 0.3 is 0 Å². The summed E-state index contributed by atoms with van der Waals surface area (Å²) in [5, 5.41) is 0. The van der Waals surface area contributed by atoms with Crippen LogP contribution in [0.4, 0.5) is 0 Å². The van der Waals surface area contributed by atoms with Crippen LogP contribution in [0.2, 0.25) is 0 Å². The topological polar surface area (TPSA) is 35.5 Å². The summed E-state index contributed by atoms with van der Waals surface area (Å²) in [4.78, 5) is 11.4. The number of rotatable bonds is 3. The van der Waals surface area contributed by atoms with E-state index < -0.39 is 0 Å². The highest BCUT2D eigenvalue weighted by Gasteiger charge is 2.44. The number of ketones is 1. The molecule has 0 aromatic heterocycles. The van der Waals surface area contributed by atoms with Gasteiger partial charge in [-0.2, -0.15) is 0 Å². The smallest absolute Gasteiger partial charge is 0.189 e. The standard InChI is InChI=1S/C15H16O3/c16-13-7-9-15(14(10-13)17-11-18-15)8-6-12-4-2-1-3-5-12/h1-5,10H,6-9,11H2. The third kappa shape index (κ3) is 2.06. The van der Waals surface area contributed by atoms with E-state index in [0.29, 0.717) is 6.42 Å². The lowest BCUT2D eigenvalue weighted by molar-refractivity contribution is -0.117. The molecule has 0 spiro atoms. The Kier molecular flexibility index (Phi) is 2.92. The Labute approximate surface area is 106 Å². The molecule has 1 aromatic rings. The second-order valence-corrected chi connectivity index (χ2v) is 4.86. The van der Waals surface area contributed by atoms with Crippen LogP contribution in [0, 0.1) is 0 Å². The second kappa shape index (κ2) is 4.58. The molecule has 0 amide bonds. The molecule has 1 fully saturated rings. The SMILES string of the molecule is O=C1C=C2OCOC2(CCc2ccccc2)CC1. The van der Waals surface area contributed by atoms with E-state index in [4.69, 9.17) is 9.47 Å². The van der Waals surface area contributed by atoms with Crippen molar-refractivity contribution >= 4 is 5.78 Å². The van der Waals surface area contributed by atoms with Crippen molar-refractivity contribution in [2.24, 2.45) is 0 Å². The number of hydrogen-bond donors (Lipinski definition) is 0. The van der Waals surface area contributed by atoms with Crippen molar-refractivity contribution in [3.05, 3.63) is 47.7 Å². The zero-order valence-electron chi connectivity index (χ0n) is 10.2. The molecular weight excluding hydrogens is 228 g/mol. The summed E-state index contributed by atoms with van der Waals surface area (Å²) in [5.74, 6) is 0.875. The van der Waals surface area contributed by atoms with Gasteiger partial charge < -0.3 is 9.47 Å². The Balaban J connectivity index is 1.75. The van der Waals surface area contributed by atoms with E-state index in [-0.39, 0.29) is 18.2 Å². The molecule has 3 rings (SSSR count). The van der Waals surface area contributed by atoms with Gasteiger partial charge in [0.1, 0.15) is 11.4 Å². The van der Waals surface area contributed by atoms with E-state index in [2.05, 4.69) is 12.1 Å². The minimum Gasteiger partial charge on any atom is -0.469 e. The number of ether oxygens (including phenoxy) is 2. The third-order valence-electron chi connectivity index (χ3n) is 3.73. The van der Waals surface area contributed by atoms with Gasteiger partial charge in [-0.25, -0.2) is 0 Å². The lowest BCUT2D eigenvalue weighted by Gasteiger charge is -2.29. The van der Waals surface area contributed by atoms with Crippen molar-refractivity contribution in [2.75, 3.05) is 6.79 Å². The molecule has 3 nitrogen and oxygen atoms in total. The number of allylic oxidation sites excluding steroid dienone is 1. The van der Waals surface area contributed by atoms with Crippen LogP contribution < -0.4 is 0 Å². The van der Waals surface area contributed by atoms with E-state index in [0.717, 1.165) is 25.0 Å². The van der Waals surface area contributed by atoms with Crippen LogP contribution >= 0.6 is 0 Å². The first-order valence-corrected chi connectivity index (χ1v) is 6.34. The number of fused-ring (bicyclic) bond motifs is 1. The molecule has 94 valence electrons. The molecule has 2 aliphatic rings. The van der Waals surface area contributed by atoms with Gasteiger partial charge in [0, 0.05) is 12.5 Å². The summed E-state index contributed by atoms with van der Waals surface area (Å²) in [6.07, 6.45) is 4.72. The van der Waals surface area contributed by atoms with Gasteiger partial charge in [0.25, 0.3) is 0 Å². The predicted molar refractivity (Wildman–Crippen MR) is 66.9 cm³/mol. The molecule has 3 heteroatoms. The van der Waals surface area contributed by atoms with Crippen LogP contribution in [-0.4, -0.2) is 18.2 Å². The van der Waals surface area contributed by atoms with Gasteiger partial charge in [0.15, 0.2) is 12.6 Å². The fourth-order valence-corrected chi connectivity index (χ4v) is 2.63. The lowest BCUT2D eigenvalue weighted by atomic mass is 9.84. The largest absolute Gasteiger partial charge is 0.469 e. The van der Waals surface area contributed by atoms with E-state index in [9.17, 15) is 4.79 Å². The number of carbonyl (C=O) groups is 1. The number of hydrogen-bond acceptors (Lipinski definition) is 3. The van der Waals surface area contributed by atoms with Crippen LogP contribution in [0.15, 0.2) is 42.2 Å². The minimum absolute atomic E-state index is 0.144. The number of carbonyl (C=O) groups excluding carboxylic acids is 1. The second-order valence-electron chi connectivity index (χ2n) is 4.86. The van der Waals surface area contributed by atoms with Gasteiger partial charge in [-0.3, -0.25) is 4.79 Å². The fourth-order valence-electron chi connectivity index (χ4n) is 2.63. The first-order valence-electron chi connectivity index (χ1n) is 6.34. The Morgan fingerprint density at radius 2 is 2.06 bits per heavy atom. The van der Waals surface area contributed by atoms with Crippen molar-refractivity contribution in [3.63, 3.8) is 0 Å². The zero-order valence-corrected chi connectivity index (χ0v) is 10.2. The Morgan fingerprint density at radius 3 is 2.89 bits per heavy atom. The summed E-state index contributed by atoms with van der Waals surface area (Å²) in [5.41, 5.74) is 0.933. The van der Waals surface area contributed by atoms with E-state index in [1.54, 1.807) is 6.08 Å². The van der Waals surface area contributed by atoms with Crippen LogP contribution in [-0.2, 0) is 20.7 Å². The molecule has 1 aromatic carbocycles. The summed E-state index contributed by atoms with van der Waals surface area (Å²) in [6, 6.07) is 10.3. The Hall–Kier alpha value is -1.61. The molecule has 0 bridgehead atoms. The number of aryl methyl sites for hydroxylation is 1. The Morgan fingerprint density at radius 1 is 1.22 bits per heavy atom. The maximum atomic E-state index is 11.4. The summed E-state index contributed by atoms with van der Waals surface area (Å²) >= 11 is 0. The number of benzene rings is 1. The third-order valence-corrected chi connectivity index (χ3v) is 3.73. The van der Waals surface area contributed by atoms with Gasteiger partial charge in [0.2, 0.25) is 0 Å². The maximum Gasteiger partial charge on any atom is 0.189 e. The van der Waals surface area contributed by atoms with Crippen LogP contribution in [0.3, 0.4) is 0 Å². The summed E-state index contributed by atoms with van der Waals surface area (Å²) in [6.45, 7) is 0.272. The van der Waals surface area contributed by atoms with Gasteiger partial charge in [-0.05, 0) is 24.8 Å². The summed E-state index contributed by atoms with van der Waals surface area (Å²) in [7, 11) is 0. The average Bonchev–Trinajstić information content (AvgIpc) is 2.81. The van der Waals surface area contributed by atoms with Crippen LogP contribution in [0.5, 0.6) is 0 Å². The van der Waals surface area contributed by atoms with Crippen LogP contribution in [0.25, 0.3) is 0 Å². The van der Waals surface area contributed by atoms with Gasteiger partial charge in [-0.1, -0.05) is 30.3 Å². The predicted octanol–water partition coefficient (Wildman–Crippen LogP) is 2.61. The molecule has 0 N–H and O–H groups in total. The first kappa shape index (κ1) is 11.5. The molecule has 1 atom stereocenters. The molecule has 1 unspecified atom stereocenters. The normalized spacial score (nSPS) is 26.4. The Bertz CT molecular complexity index is 478. The highest BCUT2D eigenvalue weighted by Crippen LogP contribution is 2.40. The summed E-state index contributed by atoms with van der Waals surface area (Å²) < 4.78 is 11.2. The minimum atomic E-state index is -0.357. The van der Waals surface area contributed by atoms with E-state index >= 15 is 0 Å². The van der Waals surface area contributed by atoms with E-state index in [1.165, 1.54) is 5.56 Å². The van der Waals surface area contributed by atoms with Crippen molar-refractivity contribution in [1.29, 1.82) is 0 Å². The van der Waals surface area contributed by atoms with E-state index in [1.807, 2.05) is 18.2 Å². The molecular formula is C15H16O3. The first-order chi connectivity index (χ1) is 8.78. The quantitative estimate of drug-likeness (QED) is 0.820. The maximum absolute atomic E-state index is 11.4. The molecule has 18 heavy (non-hydrogen) atoms. The lowest BCUT2D eigenvalue weighted by Crippen LogP contribution is -2.34. The zero-order chi connectivity index (χ0) is 12.4. The average molecular weight is 244 g/mol. The highest BCUT2D eigenvalue weighted by atomic mass is 16.7. The van der Waals surface area contributed by atoms with Crippen molar-refractivity contribution < 1.29 is 14.3 Å². The highest BCUT2D eigenvalue weighted by molar-refractivity contribution is 5.91. The molecule has 1 aliphatic carbocycles. The molecule has 0 saturated carbocycles. The van der Waals surface area contributed by atoms with Crippen molar-refractivity contribution in [1.82, 2.24) is 0 Å². The van der Waals surface area contributed by atoms with Gasteiger partial charge in [-0.15, -0.1) is 0 Å². The van der Waals surface area contributed by atoms with Crippen molar-refractivity contribution in [3.8, 4) is 0 Å². The van der Waals surface area contributed by atoms with Crippen LogP contribution in [0.1, 0.15) is 24.8 Å². The van der Waals surface area contributed by atoms with Gasteiger partial charge in [0.05, 0.1) is 0 Å². The monoisotopic (exact) mass is 244 g/mol. The molecule has 1 aliphatic heterocycles. The fraction of sp³-hybridized carbons (Fsp3) is 0.400. The molecule has 1 heterocycles. The molecule has 0 radical (unpaired) electrons. The molecule has 1 saturated heterocycles.